The molecule has 9 heavy (non-hydrogen) atoms. The lowest BCUT2D eigenvalue weighted by molar-refractivity contribution is 0.593. The van der Waals surface area contributed by atoms with Gasteiger partial charge in [-0.25, -0.2) is 0 Å². The molecule has 1 aliphatic rings. The molecule has 1 aliphatic carbocycles. The van der Waals surface area contributed by atoms with E-state index < -0.39 is 0 Å². The van der Waals surface area contributed by atoms with E-state index in [9.17, 15) is 0 Å². The maximum absolute atomic E-state index is 8.41. The van der Waals surface area contributed by atoms with Crippen molar-refractivity contribution in [3.63, 3.8) is 0 Å². The SMILES string of the molecule is Cl.N#C[C@@H]1CCC[C@@H]1N. The van der Waals surface area contributed by atoms with Gasteiger partial charge < -0.3 is 5.73 Å². The minimum atomic E-state index is 0. The molecule has 0 amide bonds. The molecule has 0 unspecified atom stereocenters. The van der Waals surface area contributed by atoms with E-state index in [4.69, 9.17) is 11.0 Å². The van der Waals surface area contributed by atoms with Crippen LogP contribution in [-0.4, -0.2) is 6.04 Å². The highest BCUT2D eigenvalue weighted by Crippen LogP contribution is 2.22. The smallest absolute Gasteiger partial charge is 0.0672 e. The van der Waals surface area contributed by atoms with Crippen LogP contribution in [0.3, 0.4) is 0 Å². The number of nitrogens with zero attached hydrogens (tertiary/aromatic N) is 1. The lowest BCUT2D eigenvalue weighted by Gasteiger charge is -2.02. The predicted molar refractivity (Wildman–Crippen MR) is 38.2 cm³/mol. The Kier molecular flexibility index (Phi) is 3.60. The van der Waals surface area contributed by atoms with Crippen molar-refractivity contribution in [1.29, 1.82) is 5.26 Å². The van der Waals surface area contributed by atoms with Crippen molar-refractivity contribution < 1.29 is 0 Å². The van der Waals surface area contributed by atoms with Crippen LogP contribution in [0.1, 0.15) is 19.3 Å². The van der Waals surface area contributed by atoms with Gasteiger partial charge in [-0.3, -0.25) is 0 Å². The molecule has 0 radical (unpaired) electrons. The largest absolute Gasteiger partial charge is 0.327 e. The second-order valence-electron chi connectivity index (χ2n) is 2.33. The van der Waals surface area contributed by atoms with Crippen molar-refractivity contribution in [2.45, 2.75) is 25.3 Å². The normalized spacial score (nSPS) is 32.9. The first-order valence-electron chi connectivity index (χ1n) is 3.00. The Morgan fingerprint density at radius 2 is 2.11 bits per heavy atom. The van der Waals surface area contributed by atoms with E-state index in [-0.39, 0.29) is 24.4 Å². The molecule has 1 fully saturated rings. The van der Waals surface area contributed by atoms with Gasteiger partial charge in [-0.15, -0.1) is 12.4 Å². The Labute approximate surface area is 61.4 Å². The zero-order valence-corrected chi connectivity index (χ0v) is 6.03. The summed E-state index contributed by atoms with van der Waals surface area (Å²) >= 11 is 0. The highest BCUT2D eigenvalue weighted by molar-refractivity contribution is 5.85. The van der Waals surface area contributed by atoms with Gasteiger partial charge in [0.2, 0.25) is 0 Å². The first kappa shape index (κ1) is 8.74. The van der Waals surface area contributed by atoms with E-state index in [0.717, 1.165) is 19.3 Å². The molecule has 0 spiro atoms. The van der Waals surface area contributed by atoms with Gasteiger partial charge in [0.1, 0.15) is 0 Å². The quantitative estimate of drug-likeness (QED) is 0.556. The summed E-state index contributed by atoms with van der Waals surface area (Å²) < 4.78 is 0. The van der Waals surface area contributed by atoms with E-state index in [1.165, 1.54) is 0 Å². The van der Waals surface area contributed by atoms with Crippen LogP contribution in [0.15, 0.2) is 0 Å². The maximum atomic E-state index is 8.41. The van der Waals surface area contributed by atoms with E-state index in [2.05, 4.69) is 6.07 Å². The fourth-order valence-corrected chi connectivity index (χ4v) is 1.15. The third-order valence-corrected chi connectivity index (χ3v) is 1.74. The third-order valence-electron chi connectivity index (χ3n) is 1.74. The monoisotopic (exact) mass is 146 g/mol. The summed E-state index contributed by atoms with van der Waals surface area (Å²) in [5, 5.41) is 8.41. The number of nitrogens with two attached hydrogens (primary N) is 1. The molecule has 0 aromatic carbocycles. The number of nitriles is 1. The van der Waals surface area contributed by atoms with Crippen LogP contribution in [0.25, 0.3) is 0 Å². The van der Waals surface area contributed by atoms with Gasteiger partial charge in [-0.2, -0.15) is 5.26 Å². The third kappa shape index (κ3) is 1.85. The van der Waals surface area contributed by atoms with E-state index in [1.54, 1.807) is 0 Å². The molecule has 2 atom stereocenters. The standard InChI is InChI=1S/C6H10N2.ClH/c7-4-5-2-1-3-6(5)8;/h5-6H,1-3,8H2;1H/t5-,6-;/m0./s1. The van der Waals surface area contributed by atoms with Crippen LogP contribution in [0.2, 0.25) is 0 Å². The van der Waals surface area contributed by atoms with Gasteiger partial charge in [0, 0.05) is 6.04 Å². The molecule has 3 heteroatoms. The van der Waals surface area contributed by atoms with Crippen LogP contribution in [0.4, 0.5) is 0 Å². The minimum absolute atomic E-state index is 0. The summed E-state index contributed by atoms with van der Waals surface area (Å²) in [7, 11) is 0. The fourth-order valence-electron chi connectivity index (χ4n) is 1.15. The molecule has 52 valence electrons. The second kappa shape index (κ2) is 3.71. The first-order chi connectivity index (χ1) is 3.84. The van der Waals surface area contributed by atoms with Gasteiger partial charge in [0.25, 0.3) is 0 Å². The van der Waals surface area contributed by atoms with Crippen molar-refractivity contribution in [2.24, 2.45) is 11.7 Å². The molecule has 0 aromatic rings. The molecular weight excluding hydrogens is 136 g/mol. The summed E-state index contributed by atoms with van der Waals surface area (Å²) in [5.74, 6) is 0.148. The average molecular weight is 147 g/mol. The zero-order valence-electron chi connectivity index (χ0n) is 5.21. The highest BCUT2D eigenvalue weighted by atomic mass is 35.5. The van der Waals surface area contributed by atoms with Crippen molar-refractivity contribution in [3.05, 3.63) is 0 Å². The maximum Gasteiger partial charge on any atom is 0.0672 e. The molecule has 0 bridgehead atoms. The Hall–Kier alpha value is -0.260. The lowest BCUT2D eigenvalue weighted by Crippen LogP contribution is -2.22. The number of hydrogen-bond donors (Lipinski definition) is 1. The van der Waals surface area contributed by atoms with Gasteiger partial charge in [-0.05, 0) is 12.8 Å². The summed E-state index contributed by atoms with van der Waals surface area (Å²) in [6.07, 6.45) is 3.19. The molecule has 1 saturated carbocycles. The van der Waals surface area contributed by atoms with Gasteiger partial charge in [-0.1, -0.05) is 6.42 Å². The molecule has 0 aliphatic heterocycles. The topological polar surface area (TPSA) is 49.8 Å². The molecule has 2 nitrogen and oxygen atoms in total. The van der Waals surface area contributed by atoms with E-state index >= 15 is 0 Å². The predicted octanol–water partition coefficient (Wildman–Crippen LogP) is 1.06. The Morgan fingerprint density at radius 3 is 2.33 bits per heavy atom. The van der Waals surface area contributed by atoms with Crippen LogP contribution in [0, 0.1) is 17.2 Å². The van der Waals surface area contributed by atoms with Crippen LogP contribution >= 0.6 is 12.4 Å². The Morgan fingerprint density at radius 1 is 1.44 bits per heavy atom. The zero-order chi connectivity index (χ0) is 5.98. The number of halogens is 1. The molecule has 0 heterocycles. The van der Waals surface area contributed by atoms with Gasteiger partial charge in [0.05, 0.1) is 12.0 Å². The Bertz CT molecular complexity index is 119. The van der Waals surface area contributed by atoms with Crippen molar-refractivity contribution in [3.8, 4) is 6.07 Å². The van der Waals surface area contributed by atoms with E-state index in [1.807, 2.05) is 0 Å². The van der Waals surface area contributed by atoms with E-state index in [0.29, 0.717) is 0 Å². The minimum Gasteiger partial charge on any atom is -0.327 e. The number of hydrogen-bond acceptors (Lipinski definition) is 2. The van der Waals surface area contributed by atoms with Crippen molar-refractivity contribution in [1.82, 2.24) is 0 Å². The molecule has 2 N–H and O–H groups in total. The van der Waals surface area contributed by atoms with Crippen LogP contribution in [-0.2, 0) is 0 Å². The van der Waals surface area contributed by atoms with Crippen molar-refractivity contribution in [2.75, 3.05) is 0 Å². The van der Waals surface area contributed by atoms with Crippen molar-refractivity contribution >= 4 is 12.4 Å². The summed E-state index contributed by atoms with van der Waals surface area (Å²) in [4.78, 5) is 0. The summed E-state index contributed by atoms with van der Waals surface area (Å²) in [6.45, 7) is 0. The number of rotatable bonds is 0. The molecular formula is C6H11ClN2. The van der Waals surface area contributed by atoms with Crippen LogP contribution < -0.4 is 5.73 Å². The average Bonchev–Trinajstić information content (AvgIpc) is 2.14. The Balaban J connectivity index is 0.000000640. The van der Waals surface area contributed by atoms with Crippen LogP contribution in [0.5, 0.6) is 0 Å². The molecule has 0 aromatic heterocycles. The second-order valence-corrected chi connectivity index (χ2v) is 2.33. The fraction of sp³-hybridized carbons (Fsp3) is 0.833. The summed E-state index contributed by atoms with van der Waals surface area (Å²) in [6, 6.07) is 2.36. The highest BCUT2D eigenvalue weighted by Gasteiger charge is 2.22. The first-order valence-corrected chi connectivity index (χ1v) is 3.00. The lowest BCUT2D eigenvalue weighted by atomic mass is 10.1. The summed E-state index contributed by atoms with van der Waals surface area (Å²) in [5.41, 5.74) is 5.57. The molecule has 0 saturated heterocycles. The molecule has 1 rings (SSSR count). The van der Waals surface area contributed by atoms with Gasteiger partial charge >= 0.3 is 0 Å². The van der Waals surface area contributed by atoms with Gasteiger partial charge in [0.15, 0.2) is 0 Å².